The molecule has 0 bridgehead atoms. The number of fused-ring (bicyclic) bond motifs is 1. The normalized spacial score (nSPS) is 10.4. The minimum Gasteiger partial charge on any atom is -0.469 e. The molecule has 1 aromatic carbocycles. The van der Waals surface area contributed by atoms with Gasteiger partial charge < -0.3 is 9.15 Å². The molecule has 19 heavy (non-hydrogen) atoms. The van der Waals surface area contributed by atoms with E-state index in [1.54, 1.807) is 19.1 Å². The summed E-state index contributed by atoms with van der Waals surface area (Å²) in [5.41, 5.74) is 1.25. The Balaban J connectivity index is 2.72. The standard InChI is InChI=1S/C14H12O5/c1-8-3-9(5-12(16)18-2)14-11(4-8)13(17)10(6-15)7-19-14/h3-4,6-7H,5H2,1-2H3. The van der Waals surface area contributed by atoms with Crippen molar-refractivity contribution in [2.75, 3.05) is 7.11 Å². The number of methoxy groups -OCH3 is 1. The zero-order chi connectivity index (χ0) is 14.0. The fraction of sp³-hybridized carbons (Fsp3) is 0.214. The molecule has 0 N–H and O–H groups in total. The molecule has 0 aliphatic rings. The SMILES string of the molecule is COC(=O)Cc1cc(C)cc2c(=O)c(C=O)coc12. The van der Waals surface area contributed by atoms with E-state index in [2.05, 4.69) is 4.74 Å². The Bertz CT molecular complexity index is 712. The zero-order valence-electron chi connectivity index (χ0n) is 10.6. The number of rotatable bonds is 3. The van der Waals surface area contributed by atoms with Gasteiger partial charge in [-0.3, -0.25) is 14.4 Å². The predicted molar refractivity (Wildman–Crippen MR) is 68.3 cm³/mol. The van der Waals surface area contributed by atoms with E-state index in [1.807, 2.05) is 0 Å². The Hall–Kier alpha value is -2.43. The molecule has 2 rings (SSSR count). The topological polar surface area (TPSA) is 73.6 Å². The van der Waals surface area contributed by atoms with Gasteiger partial charge in [0.2, 0.25) is 5.43 Å². The average Bonchev–Trinajstić information content (AvgIpc) is 2.39. The lowest BCUT2D eigenvalue weighted by atomic mass is 10.0. The number of carbonyl (C=O) groups excluding carboxylic acids is 2. The lowest BCUT2D eigenvalue weighted by molar-refractivity contribution is -0.139. The predicted octanol–water partition coefficient (Wildman–Crippen LogP) is 1.63. The van der Waals surface area contributed by atoms with Gasteiger partial charge in [-0.25, -0.2) is 0 Å². The maximum Gasteiger partial charge on any atom is 0.310 e. The lowest BCUT2D eigenvalue weighted by Gasteiger charge is -2.06. The van der Waals surface area contributed by atoms with Crippen LogP contribution in [-0.2, 0) is 16.0 Å². The van der Waals surface area contributed by atoms with E-state index in [9.17, 15) is 14.4 Å². The summed E-state index contributed by atoms with van der Waals surface area (Å²) in [5, 5.41) is 0.295. The smallest absolute Gasteiger partial charge is 0.310 e. The number of aryl methyl sites for hydroxylation is 1. The van der Waals surface area contributed by atoms with Gasteiger partial charge in [0.05, 0.1) is 24.5 Å². The average molecular weight is 260 g/mol. The molecule has 0 aliphatic heterocycles. The summed E-state index contributed by atoms with van der Waals surface area (Å²) in [7, 11) is 1.29. The summed E-state index contributed by atoms with van der Waals surface area (Å²) in [6.07, 6.45) is 1.57. The van der Waals surface area contributed by atoms with Crippen LogP contribution < -0.4 is 5.43 Å². The maximum absolute atomic E-state index is 12.0. The largest absolute Gasteiger partial charge is 0.469 e. The second kappa shape index (κ2) is 5.06. The van der Waals surface area contributed by atoms with Crippen LogP contribution in [0.4, 0.5) is 0 Å². The molecular weight excluding hydrogens is 248 g/mol. The number of hydrogen-bond acceptors (Lipinski definition) is 5. The Morgan fingerprint density at radius 3 is 2.79 bits per heavy atom. The first-order valence-electron chi connectivity index (χ1n) is 5.64. The van der Waals surface area contributed by atoms with Crippen LogP contribution in [0.3, 0.4) is 0 Å². The molecule has 0 unspecified atom stereocenters. The molecule has 0 saturated carbocycles. The number of esters is 1. The van der Waals surface area contributed by atoms with E-state index in [4.69, 9.17) is 4.42 Å². The van der Waals surface area contributed by atoms with Gasteiger partial charge >= 0.3 is 5.97 Å². The zero-order valence-corrected chi connectivity index (χ0v) is 10.6. The van der Waals surface area contributed by atoms with Crippen LogP contribution in [0.5, 0.6) is 0 Å². The van der Waals surface area contributed by atoms with E-state index < -0.39 is 11.4 Å². The molecule has 0 spiro atoms. The third kappa shape index (κ3) is 2.40. The number of benzene rings is 1. The van der Waals surface area contributed by atoms with Crippen molar-refractivity contribution in [3.63, 3.8) is 0 Å². The fourth-order valence-electron chi connectivity index (χ4n) is 1.93. The van der Waals surface area contributed by atoms with Crippen LogP contribution in [0.1, 0.15) is 21.5 Å². The van der Waals surface area contributed by atoms with Gasteiger partial charge in [-0.05, 0) is 18.6 Å². The van der Waals surface area contributed by atoms with Gasteiger partial charge in [-0.1, -0.05) is 6.07 Å². The molecule has 5 heteroatoms. The molecule has 0 saturated heterocycles. The summed E-state index contributed by atoms with van der Waals surface area (Å²) in [6.45, 7) is 1.80. The van der Waals surface area contributed by atoms with Crippen molar-refractivity contribution < 1.29 is 18.7 Å². The minimum atomic E-state index is -0.422. The summed E-state index contributed by atoms with van der Waals surface area (Å²) >= 11 is 0. The Morgan fingerprint density at radius 2 is 2.16 bits per heavy atom. The summed E-state index contributed by atoms with van der Waals surface area (Å²) < 4.78 is 9.91. The van der Waals surface area contributed by atoms with Crippen LogP contribution >= 0.6 is 0 Å². The second-order valence-electron chi connectivity index (χ2n) is 4.19. The van der Waals surface area contributed by atoms with Gasteiger partial charge in [0.25, 0.3) is 0 Å². The first kappa shape index (κ1) is 13.0. The summed E-state index contributed by atoms with van der Waals surface area (Å²) in [6, 6.07) is 3.39. The Labute approximate surface area is 108 Å². The van der Waals surface area contributed by atoms with E-state index in [0.29, 0.717) is 22.8 Å². The van der Waals surface area contributed by atoms with E-state index >= 15 is 0 Å². The van der Waals surface area contributed by atoms with E-state index in [0.717, 1.165) is 11.8 Å². The van der Waals surface area contributed by atoms with Crippen molar-refractivity contribution in [2.24, 2.45) is 0 Å². The summed E-state index contributed by atoms with van der Waals surface area (Å²) in [5.74, 6) is -0.422. The van der Waals surface area contributed by atoms with Crippen molar-refractivity contribution in [3.8, 4) is 0 Å². The van der Waals surface area contributed by atoms with Crippen LogP contribution in [0.15, 0.2) is 27.6 Å². The van der Waals surface area contributed by atoms with Crippen LogP contribution in [0, 0.1) is 6.92 Å². The van der Waals surface area contributed by atoms with Crippen LogP contribution in [0.25, 0.3) is 11.0 Å². The molecule has 0 amide bonds. The molecule has 0 atom stereocenters. The minimum absolute atomic E-state index is 0.0120. The monoisotopic (exact) mass is 260 g/mol. The highest BCUT2D eigenvalue weighted by Gasteiger charge is 2.13. The van der Waals surface area contributed by atoms with Crippen molar-refractivity contribution in [2.45, 2.75) is 13.3 Å². The molecule has 0 radical (unpaired) electrons. The lowest BCUT2D eigenvalue weighted by Crippen LogP contribution is -2.11. The van der Waals surface area contributed by atoms with Gasteiger partial charge in [-0.15, -0.1) is 0 Å². The number of aldehydes is 1. The van der Waals surface area contributed by atoms with E-state index in [1.165, 1.54) is 7.11 Å². The molecule has 1 heterocycles. The first-order valence-corrected chi connectivity index (χ1v) is 5.64. The molecule has 2 aromatic rings. The van der Waals surface area contributed by atoms with Crippen LogP contribution in [0.2, 0.25) is 0 Å². The van der Waals surface area contributed by atoms with Crippen molar-refractivity contribution in [1.29, 1.82) is 0 Å². The highest BCUT2D eigenvalue weighted by Crippen LogP contribution is 2.20. The molecule has 0 aliphatic carbocycles. The van der Waals surface area contributed by atoms with Crippen molar-refractivity contribution in [3.05, 3.63) is 45.3 Å². The Morgan fingerprint density at radius 1 is 1.42 bits per heavy atom. The van der Waals surface area contributed by atoms with Crippen LogP contribution in [-0.4, -0.2) is 19.4 Å². The van der Waals surface area contributed by atoms with Crippen molar-refractivity contribution in [1.82, 2.24) is 0 Å². The number of carbonyl (C=O) groups is 2. The first-order chi connectivity index (χ1) is 9.06. The third-order valence-corrected chi connectivity index (χ3v) is 2.81. The number of ether oxygens (including phenoxy) is 1. The quantitative estimate of drug-likeness (QED) is 0.619. The van der Waals surface area contributed by atoms with Gasteiger partial charge in [0.1, 0.15) is 11.8 Å². The maximum atomic E-state index is 12.0. The molecular formula is C14H12O5. The van der Waals surface area contributed by atoms with Gasteiger partial charge in [-0.2, -0.15) is 0 Å². The highest BCUT2D eigenvalue weighted by atomic mass is 16.5. The molecule has 1 aromatic heterocycles. The van der Waals surface area contributed by atoms with Crippen molar-refractivity contribution >= 4 is 23.2 Å². The number of hydrogen-bond donors (Lipinski definition) is 0. The molecule has 0 fully saturated rings. The Kier molecular flexibility index (Phi) is 3.46. The fourth-order valence-corrected chi connectivity index (χ4v) is 1.93. The second-order valence-corrected chi connectivity index (χ2v) is 4.19. The van der Waals surface area contributed by atoms with Gasteiger partial charge in [0, 0.05) is 5.56 Å². The molecule has 5 nitrogen and oxygen atoms in total. The third-order valence-electron chi connectivity index (χ3n) is 2.81. The summed E-state index contributed by atoms with van der Waals surface area (Å²) in [4.78, 5) is 34.1. The van der Waals surface area contributed by atoms with E-state index in [-0.39, 0.29) is 12.0 Å². The molecule has 98 valence electrons. The highest BCUT2D eigenvalue weighted by molar-refractivity contribution is 5.88. The van der Waals surface area contributed by atoms with Gasteiger partial charge in [0.15, 0.2) is 6.29 Å².